The van der Waals surface area contributed by atoms with Crippen molar-refractivity contribution < 1.29 is 9.53 Å². The SMILES string of the molecule is COc1ccc(Cl)cc1NC(=O)c1cc(N(C)Cc2ccccc2)ncn1. The van der Waals surface area contributed by atoms with Gasteiger partial charge < -0.3 is 15.0 Å². The van der Waals surface area contributed by atoms with Gasteiger partial charge in [-0.3, -0.25) is 4.79 Å². The van der Waals surface area contributed by atoms with Crippen LogP contribution in [0.3, 0.4) is 0 Å². The Hall–Kier alpha value is -3.12. The van der Waals surface area contributed by atoms with Crippen LogP contribution in [0, 0.1) is 0 Å². The van der Waals surface area contributed by atoms with Crippen LogP contribution >= 0.6 is 11.6 Å². The second-order valence-electron chi connectivity index (χ2n) is 5.90. The fraction of sp³-hybridized carbons (Fsp3) is 0.150. The third kappa shape index (κ3) is 4.74. The Morgan fingerprint density at radius 2 is 1.93 bits per heavy atom. The molecule has 0 aliphatic carbocycles. The first kappa shape index (κ1) is 18.7. The van der Waals surface area contributed by atoms with Crippen LogP contribution in [0.5, 0.6) is 5.75 Å². The monoisotopic (exact) mass is 382 g/mol. The van der Waals surface area contributed by atoms with Gasteiger partial charge in [0.1, 0.15) is 23.6 Å². The minimum atomic E-state index is -0.368. The summed E-state index contributed by atoms with van der Waals surface area (Å²) in [4.78, 5) is 22.9. The Kier molecular flexibility index (Phi) is 5.88. The molecule has 0 fully saturated rings. The number of ether oxygens (including phenoxy) is 1. The highest BCUT2D eigenvalue weighted by Gasteiger charge is 2.14. The largest absolute Gasteiger partial charge is 0.495 e. The van der Waals surface area contributed by atoms with Crippen LogP contribution in [0.15, 0.2) is 60.9 Å². The molecule has 138 valence electrons. The number of benzene rings is 2. The molecule has 1 aromatic heterocycles. The minimum Gasteiger partial charge on any atom is -0.495 e. The number of carbonyl (C=O) groups excluding carboxylic acids is 1. The van der Waals surface area contributed by atoms with E-state index in [1.807, 2.05) is 42.3 Å². The molecule has 3 aromatic rings. The van der Waals surface area contributed by atoms with Gasteiger partial charge in [0.15, 0.2) is 0 Å². The second kappa shape index (κ2) is 8.51. The van der Waals surface area contributed by atoms with E-state index >= 15 is 0 Å². The van der Waals surface area contributed by atoms with E-state index in [4.69, 9.17) is 16.3 Å². The molecule has 0 unspecified atom stereocenters. The Labute approximate surface area is 162 Å². The first-order valence-electron chi connectivity index (χ1n) is 8.29. The molecule has 0 radical (unpaired) electrons. The van der Waals surface area contributed by atoms with Crippen LogP contribution in [0.2, 0.25) is 5.02 Å². The lowest BCUT2D eigenvalue weighted by Crippen LogP contribution is -2.20. The van der Waals surface area contributed by atoms with Crippen molar-refractivity contribution in [2.45, 2.75) is 6.54 Å². The van der Waals surface area contributed by atoms with E-state index in [1.165, 1.54) is 13.4 Å². The number of hydrogen-bond donors (Lipinski definition) is 1. The topological polar surface area (TPSA) is 67.3 Å². The number of aromatic nitrogens is 2. The van der Waals surface area contributed by atoms with Gasteiger partial charge in [0.05, 0.1) is 12.8 Å². The predicted molar refractivity (Wildman–Crippen MR) is 107 cm³/mol. The van der Waals surface area contributed by atoms with E-state index in [0.29, 0.717) is 28.8 Å². The summed E-state index contributed by atoms with van der Waals surface area (Å²) >= 11 is 6.01. The maximum absolute atomic E-state index is 12.6. The van der Waals surface area contributed by atoms with Crippen LogP contribution in [-0.4, -0.2) is 30.0 Å². The van der Waals surface area contributed by atoms with Crippen molar-refractivity contribution in [1.29, 1.82) is 0 Å². The van der Waals surface area contributed by atoms with E-state index in [0.717, 1.165) is 5.56 Å². The van der Waals surface area contributed by atoms with E-state index < -0.39 is 0 Å². The third-order valence-corrected chi connectivity index (χ3v) is 4.18. The number of carbonyl (C=O) groups is 1. The van der Waals surface area contributed by atoms with Gasteiger partial charge in [-0.2, -0.15) is 0 Å². The van der Waals surface area contributed by atoms with Gasteiger partial charge in [0, 0.05) is 24.7 Å². The molecule has 0 bridgehead atoms. The summed E-state index contributed by atoms with van der Waals surface area (Å²) in [7, 11) is 3.44. The highest BCUT2D eigenvalue weighted by molar-refractivity contribution is 6.31. The number of halogens is 1. The zero-order chi connectivity index (χ0) is 19.2. The van der Waals surface area contributed by atoms with Gasteiger partial charge in [-0.25, -0.2) is 9.97 Å². The maximum atomic E-state index is 12.6. The number of nitrogens with one attached hydrogen (secondary N) is 1. The molecule has 7 heteroatoms. The molecular weight excluding hydrogens is 364 g/mol. The van der Waals surface area contributed by atoms with Crippen molar-refractivity contribution in [2.75, 3.05) is 24.4 Å². The Balaban J connectivity index is 1.77. The molecular formula is C20H19ClN4O2. The highest BCUT2D eigenvalue weighted by atomic mass is 35.5. The average molecular weight is 383 g/mol. The van der Waals surface area contributed by atoms with E-state index in [9.17, 15) is 4.79 Å². The number of amides is 1. The molecule has 0 aliphatic rings. The van der Waals surface area contributed by atoms with Crippen molar-refractivity contribution in [3.63, 3.8) is 0 Å². The van der Waals surface area contributed by atoms with Crippen LogP contribution in [0.1, 0.15) is 16.1 Å². The van der Waals surface area contributed by atoms with E-state index in [2.05, 4.69) is 15.3 Å². The maximum Gasteiger partial charge on any atom is 0.274 e. The van der Waals surface area contributed by atoms with Crippen LogP contribution in [0.4, 0.5) is 11.5 Å². The second-order valence-corrected chi connectivity index (χ2v) is 6.34. The molecule has 0 spiro atoms. The molecule has 6 nitrogen and oxygen atoms in total. The molecule has 1 heterocycles. The Morgan fingerprint density at radius 1 is 1.15 bits per heavy atom. The number of nitrogens with zero attached hydrogens (tertiary/aromatic N) is 3. The molecule has 1 N–H and O–H groups in total. The van der Waals surface area contributed by atoms with Crippen molar-refractivity contribution in [3.05, 3.63) is 77.2 Å². The summed E-state index contributed by atoms with van der Waals surface area (Å²) in [5.74, 6) is 0.799. The zero-order valence-electron chi connectivity index (χ0n) is 15.0. The van der Waals surface area contributed by atoms with Crippen LogP contribution in [-0.2, 0) is 6.54 Å². The lowest BCUT2D eigenvalue weighted by Gasteiger charge is -2.18. The first-order chi connectivity index (χ1) is 13.1. The van der Waals surface area contributed by atoms with Gasteiger partial charge in [-0.15, -0.1) is 0 Å². The van der Waals surface area contributed by atoms with Crippen molar-refractivity contribution in [3.8, 4) is 5.75 Å². The lowest BCUT2D eigenvalue weighted by molar-refractivity contribution is 0.102. The van der Waals surface area contributed by atoms with Crippen molar-refractivity contribution in [2.24, 2.45) is 0 Å². The van der Waals surface area contributed by atoms with Gasteiger partial charge in [0.25, 0.3) is 5.91 Å². The van der Waals surface area contributed by atoms with E-state index in [1.54, 1.807) is 24.3 Å². The molecule has 0 saturated heterocycles. The van der Waals surface area contributed by atoms with E-state index in [-0.39, 0.29) is 11.6 Å². The van der Waals surface area contributed by atoms with Gasteiger partial charge in [-0.05, 0) is 23.8 Å². The first-order valence-corrected chi connectivity index (χ1v) is 8.66. The normalized spacial score (nSPS) is 10.3. The Bertz CT molecular complexity index is 934. The zero-order valence-corrected chi connectivity index (χ0v) is 15.8. The predicted octanol–water partition coefficient (Wildman–Crippen LogP) is 4.03. The Morgan fingerprint density at radius 3 is 2.67 bits per heavy atom. The number of anilines is 2. The summed E-state index contributed by atoms with van der Waals surface area (Å²) in [6.45, 7) is 0.668. The van der Waals surface area contributed by atoms with Crippen molar-refractivity contribution in [1.82, 2.24) is 9.97 Å². The van der Waals surface area contributed by atoms with Crippen LogP contribution < -0.4 is 15.0 Å². The summed E-state index contributed by atoms with van der Waals surface area (Å²) in [6, 6.07) is 16.7. The standard InChI is InChI=1S/C20H19ClN4O2/c1-25(12-14-6-4-3-5-7-14)19-11-17(22-13-23-19)20(26)24-16-10-15(21)8-9-18(16)27-2/h3-11,13H,12H2,1-2H3,(H,24,26). The summed E-state index contributed by atoms with van der Waals surface area (Å²) in [5, 5.41) is 3.27. The van der Waals surface area contributed by atoms with Gasteiger partial charge >= 0.3 is 0 Å². The molecule has 1 amide bonds. The summed E-state index contributed by atoms with van der Waals surface area (Å²) in [6.07, 6.45) is 1.38. The smallest absolute Gasteiger partial charge is 0.274 e. The number of hydrogen-bond acceptors (Lipinski definition) is 5. The van der Waals surface area contributed by atoms with Gasteiger partial charge in [0.2, 0.25) is 0 Å². The fourth-order valence-corrected chi connectivity index (χ4v) is 2.75. The number of rotatable bonds is 6. The molecule has 2 aromatic carbocycles. The number of methoxy groups -OCH3 is 1. The fourth-order valence-electron chi connectivity index (χ4n) is 2.58. The molecule has 0 aliphatic heterocycles. The van der Waals surface area contributed by atoms with Crippen molar-refractivity contribution >= 4 is 29.0 Å². The molecule has 27 heavy (non-hydrogen) atoms. The minimum absolute atomic E-state index is 0.252. The summed E-state index contributed by atoms with van der Waals surface area (Å²) < 4.78 is 5.25. The highest BCUT2D eigenvalue weighted by Crippen LogP contribution is 2.28. The van der Waals surface area contributed by atoms with Crippen LogP contribution in [0.25, 0.3) is 0 Å². The molecule has 0 saturated carbocycles. The quantitative estimate of drug-likeness (QED) is 0.697. The molecule has 0 atom stereocenters. The summed E-state index contributed by atoms with van der Waals surface area (Å²) in [5.41, 5.74) is 1.88. The molecule has 3 rings (SSSR count). The lowest BCUT2D eigenvalue weighted by atomic mass is 10.2. The van der Waals surface area contributed by atoms with Gasteiger partial charge in [-0.1, -0.05) is 41.9 Å². The average Bonchev–Trinajstić information content (AvgIpc) is 2.69. The third-order valence-electron chi connectivity index (χ3n) is 3.95.